The summed E-state index contributed by atoms with van der Waals surface area (Å²) in [5.41, 5.74) is 2.51. The largest absolute Gasteiger partial charge is 0.227 e. The summed E-state index contributed by atoms with van der Waals surface area (Å²) in [6.07, 6.45) is 3.17. The van der Waals surface area contributed by atoms with Gasteiger partial charge in [-0.15, -0.1) is 0 Å². The maximum absolute atomic E-state index is 13.1. The Kier molecular flexibility index (Phi) is 4.43. The first-order valence-corrected chi connectivity index (χ1v) is 6.18. The van der Waals surface area contributed by atoms with Gasteiger partial charge in [-0.3, -0.25) is 0 Å². The lowest BCUT2D eigenvalue weighted by molar-refractivity contribution is 0.625. The van der Waals surface area contributed by atoms with Crippen LogP contribution in [-0.2, 0) is 19.3 Å². The molecule has 0 N–H and O–H groups in total. The Hall–Kier alpha value is -1.99. The summed E-state index contributed by atoms with van der Waals surface area (Å²) in [4.78, 5) is 7.91. The number of halogens is 2. The molecule has 2 aromatic rings. The lowest BCUT2D eigenvalue weighted by Gasteiger charge is -2.07. The molecule has 5 heteroatoms. The van der Waals surface area contributed by atoms with E-state index in [0.717, 1.165) is 16.8 Å². The predicted octanol–water partition coefficient (Wildman–Crippen LogP) is 3.12. The van der Waals surface area contributed by atoms with Gasteiger partial charge in [-0.1, -0.05) is 6.07 Å². The highest BCUT2D eigenvalue weighted by molar-refractivity contribution is 6.28. The third kappa shape index (κ3) is 3.73. The van der Waals surface area contributed by atoms with Crippen LogP contribution in [0, 0.1) is 17.1 Å². The highest BCUT2D eigenvalue weighted by Crippen LogP contribution is 2.15. The maximum atomic E-state index is 13.1. The molecule has 3 nitrogen and oxygen atoms in total. The first-order chi connectivity index (χ1) is 9.19. The number of benzene rings is 1. The highest BCUT2D eigenvalue weighted by atomic mass is 35.5. The van der Waals surface area contributed by atoms with Crippen LogP contribution in [0.5, 0.6) is 0 Å². The predicted molar refractivity (Wildman–Crippen MR) is 70.2 cm³/mol. The second kappa shape index (κ2) is 6.26. The second-order valence-electron chi connectivity index (χ2n) is 4.06. The summed E-state index contributed by atoms with van der Waals surface area (Å²) >= 11 is 5.71. The highest BCUT2D eigenvalue weighted by Gasteiger charge is 2.05. The number of nitrogens with zero attached hydrogens (tertiary/aromatic N) is 3. The fraction of sp³-hybridized carbons (Fsp3) is 0.214. The molecule has 1 aromatic heterocycles. The summed E-state index contributed by atoms with van der Waals surface area (Å²) in [5, 5.41) is 8.96. The fourth-order valence-corrected chi connectivity index (χ4v) is 2.02. The van der Waals surface area contributed by atoms with Crippen molar-refractivity contribution in [3.8, 4) is 6.07 Å². The second-order valence-corrected chi connectivity index (χ2v) is 4.40. The van der Waals surface area contributed by atoms with Gasteiger partial charge < -0.3 is 0 Å². The van der Waals surface area contributed by atoms with Crippen molar-refractivity contribution in [2.24, 2.45) is 0 Å². The normalized spacial score (nSPS) is 10.2. The van der Waals surface area contributed by atoms with Crippen molar-refractivity contribution in [1.29, 1.82) is 5.26 Å². The Bertz CT molecular complexity index is 622. The zero-order chi connectivity index (χ0) is 13.7. The molecule has 0 amide bonds. The molecule has 0 spiro atoms. The maximum Gasteiger partial charge on any atom is 0.222 e. The van der Waals surface area contributed by atoms with Crippen molar-refractivity contribution < 1.29 is 4.39 Å². The molecule has 96 valence electrons. The Morgan fingerprint density at radius 1 is 1.21 bits per heavy atom. The lowest BCUT2D eigenvalue weighted by Crippen LogP contribution is -2.00. The molecule has 0 aliphatic rings. The Morgan fingerprint density at radius 2 is 2.05 bits per heavy atom. The van der Waals surface area contributed by atoms with Crippen LogP contribution in [0.15, 0.2) is 30.5 Å². The van der Waals surface area contributed by atoms with Crippen LogP contribution < -0.4 is 0 Å². The molecule has 0 saturated carbocycles. The zero-order valence-corrected chi connectivity index (χ0v) is 10.9. The molecule has 1 heterocycles. The van der Waals surface area contributed by atoms with Gasteiger partial charge in [0.15, 0.2) is 0 Å². The van der Waals surface area contributed by atoms with Crippen molar-refractivity contribution in [2.45, 2.75) is 19.3 Å². The standard InChI is InChI=1S/C14H11ClFN3/c15-14-18-8-6-13(19-14)4-2-10-1-3-12(16)9-11(10)5-7-17/h1,3,6,8-9H,2,4-5H2. The number of aromatic nitrogens is 2. The number of nitriles is 1. The van der Waals surface area contributed by atoms with Gasteiger partial charge in [-0.25, -0.2) is 14.4 Å². The SMILES string of the molecule is N#CCc1cc(F)ccc1CCc1ccnc(Cl)n1. The van der Waals surface area contributed by atoms with Gasteiger partial charge in [-0.2, -0.15) is 5.26 Å². The quantitative estimate of drug-likeness (QED) is 0.806. The van der Waals surface area contributed by atoms with E-state index in [9.17, 15) is 4.39 Å². The van der Waals surface area contributed by atoms with Crippen molar-refractivity contribution in [3.63, 3.8) is 0 Å². The number of rotatable bonds is 4. The Morgan fingerprint density at radius 3 is 2.79 bits per heavy atom. The molecule has 0 aliphatic carbocycles. The van der Waals surface area contributed by atoms with Crippen LogP contribution in [-0.4, -0.2) is 9.97 Å². The molecular formula is C14H11ClFN3. The van der Waals surface area contributed by atoms with Crippen molar-refractivity contribution in [3.05, 3.63) is 58.4 Å². The van der Waals surface area contributed by atoms with Crippen molar-refractivity contribution in [2.75, 3.05) is 0 Å². The molecule has 1 aromatic carbocycles. The van der Waals surface area contributed by atoms with Crippen LogP contribution >= 0.6 is 11.6 Å². The molecular weight excluding hydrogens is 265 g/mol. The van der Waals surface area contributed by atoms with Gasteiger partial charge in [0.05, 0.1) is 12.5 Å². The average Bonchev–Trinajstić information content (AvgIpc) is 2.38. The van der Waals surface area contributed by atoms with Gasteiger partial charge in [-0.05, 0) is 53.8 Å². The summed E-state index contributed by atoms with van der Waals surface area (Å²) < 4.78 is 13.1. The van der Waals surface area contributed by atoms with E-state index in [1.54, 1.807) is 18.3 Å². The summed E-state index contributed by atoms with van der Waals surface area (Å²) in [6, 6.07) is 8.36. The Balaban J connectivity index is 2.13. The third-order valence-corrected chi connectivity index (χ3v) is 2.95. The van der Waals surface area contributed by atoms with Gasteiger partial charge in [0.1, 0.15) is 5.82 Å². The van der Waals surface area contributed by atoms with Crippen molar-refractivity contribution in [1.82, 2.24) is 9.97 Å². The van der Waals surface area contributed by atoms with Crippen LogP contribution in [0.3, 0.4) is 0 Å². The fourth-order valence-electron chi connectivity index (χ4n) is 1.86. The molecule has 2 rings (SSSR count). The summed E-state index contributed by atoms with van der Waals surface area (Å²) in [7, 11) is 0. The Labute approximate surface area is 115 Å². The molecule has 0 saturated heterocycles. The average molecular weight is 276 g/mol. The van der Waals surface area contributed by atoms with E-state index in [4.69, 9.17) is 16.9 Å². The van der Waals surface area contributed by atoms with E-state index in [1.807, 2.05) is 6.07 Å². The molecule has 19 heavy (non-hydrogen) atoms. The van der Waals surface area contributed by atoms with E-state index in [2.05, 4.69) is 9.97 Å². The summed E-state index contributed by atoms with van der Waals surface area (Å²) in [6.45, 7) is 0. The van der Waals surface area contributed by atoms with E-state index >= 15 is 0 Å². The first-order valence-electron chi connectivity index (χ1n) is 5.80. The van der Waals surface area contributed by atoms with Crippen LogP contribution in [0.4, 0.5) is 4.39 Å². The topological polar surface area (TPSA) is 49.6 Å². The molecule has 0 unspecified atom stereocenters. The third-order valence-electron chi connectivity index (χ3n) is 2.77. The summed E-state index contributed by atoms with van der Waals surface area (Å²) in [5.74, 6) is -0.320. The van der Waals surface area contributed by atoms with Gasteiger partial charge >= 0.3 is 0 Å². The smallest absolute Gasteiger partial charge is 0.222 e. The lowest BCUT2D eigenvalue weighted by atomic mass is 10.00. The minimum Gasteiger partial charge on any atom is -0.227 e. The van der Waals surface area contributed by atoms with Crippen molar-refractivity contribution >= 4 is 11.6 Å². The molecule has 0 atom stereocenters. The van der Waals surface area contributed by atoms with E-state index in [1.165, 1.54) is 12.1 Å². The van der Waals surface area contributed by atoms with Crippen LogP contribution in [0.1, 0.15) is 16.8 Å². The number of aryl methyl sites for hydroxylation is 2. The van der Waals surface area contributed by atoms with Gasteiger partial charge in [0.25, 0.3) is 0 Å². The minimum absolute atomic E-state index is 0.206. The molecule has 0 aliphatic heterocycles. The number of hydrogen-bond donors (Lipinski definition) is 0. The molecule has 0 fully saturated rings. The van der Waals surface area contributed by atoms with Gasteiger partial charge in [0.2, 0.25) is 5.28 Å². The van der Waals surface area contributed by atoms with Crippen LogP contribution in [0.2, 0.25) is 5.28 Å². The van der Waals surface area contributed by atoms with E-state index < -0.39 is 0 Å². The first kappa shape index (κ1) is 13.4. The minimum atomic E-state index is -0.320. The molecule has 0 radical (unpaired) electrons. The van der Waals surface area contributed by atoms with E-state index in [-0.39, 0.29) is 17.5 Å². The zero-order valence-electron chi connectivity index (χ0n) is 10.1. The van der Waals surface area contributed by atoms with Crippen LogP contribution in [0.25, 0.3) is 0 Å². The monoisotopic (exact) mass is 275 g/mol. The van der Waals surface area contributed by atoms with Gasteiger partial charge in [0, 0.05) is 11.9 Å². The molecule has 0 bridgehead atoms. The van der Waals surface area contributed by atoms with E-state index in [0.29, 0.717) is 12.8 Å². The number of hydrogen-bond acceptors (Lipinski definition) is 3.